The molecule has 1 atom stereocenters. The lowest BCUT2D eigenvalue weighted by molar-refractivity contribution is 0.217. The van der Waals surface area contributed by atoms with E-state index in [2.05, 4.69) is 26.8 Å². The Bertz CT molecular complexity index is 571. The van der Waals surface area contributed by atoms with Gasteiger partial charge in [0.15, 0.2) is 0 Å². The Labute approximate surface area is 124 Å². The number of nitrogens with zero attached hydrogens (tertiary/aromatic N) is 5. The minimum atomic E-state index is -0.416. The highest BCUT2D eigenvalue weighted by Crippen LogP contribution is 2.18. The Morgan fingerprint density at radius 3 is 2.86 bits per heavy atom. The van der Waals surface area contributed by atoms with E-state index in [4.69, 9.17) is 0 Å². The molecule has 1 aliphatic rings. The average Bonchev–Trinajstić information content (AvgIpc) is 2.98. The number of hydrogen-bond donors (Lipinski definition) is 0. The van der Waals surface area contributed by atoms with Crippen LogP contribution in [-0.4, -0.2) is 51.9 Å². The first-order valence-corrected chi connectivity index (χ1v) is 7.31. The lowest BCUT2D eigenvalue weighted by Crippen LogP contribution is -2.52. The second-order valence-corrected chi connectivity index (χ2v) is 5.43. The second kappa shape index (κ2) is 6.22. The number of hydrogen-bond acceptors (Lipinski definition) is 4. The number of pyridine rings is 1. The van der Waals surface area contributed by atoms with Gasteiger partial charge in [-0.05, 0) is 25.1 Å². The smallest absolute Gasteiger partial charge is 0.214 e. The molecule has 21 heavy (non-hydrogen) atoms. The summed E-state index contributed by atoms with van der Waals surface area (Å²) in [5.41, 5.74) is 0. The van der Waals surface area contributed by atoms with E-state index in [0.29, 0.717) is 6.04 Å². The van der Waals surface area contributed by atoms with Crippen LogP contribution in [0.5, 0.6) is 0 Å². The predicted octanol–water partition coefficient (Wildman–Crippen LogP) is 1.63. The number of rotatable bonds is 4. The van der Waals surface area contributed by atoms with Crippen molar-refractivity contribution in [3.05, 3.63) is 42.6 Å². The fourth-order valence-corrected chi connectivity index (χ4v) is 2.81. The van der Waals surface area contributed by atoms with Crippen LogP contribution in [0.3, 0.4) is 0 Å². The van der Waals surface area contributed by atoms with Crippen LogP contribution in [0, 0.1) is 5.95 Å². The predicted molar refractivity (Wildman–Crippen MR) is 79.7 cm³/mol. The monoisotopic (exact) mass is 289 g/mol. The number of piperazine rings is 1. The van der Waals surface area contributed by atoms with Crippen LogP contribution in [0.1, 0.15) is 6.92 Å². The first-order chi connectivity index (χ1) is 10.2. The Morgan fingerprint density at radius 2 is 2.14 bits per heavy atom. The Kier molecular flexibility index (Phi) is 4.15. The molecule has 0 spiro atoms. The maximum absolute atomic E-state index is 13.2. The van der Waals surface area contributed by atoms with E-state index in [1.54, 1.807) is 12.3 Å². The van der Waals surface area contributed by atoms with Crippen LogP contribution < -0.4 is 4.90 Å². The van der Waals surface area contributed by atoms with Gasteiger partial charge in [-0.3, -0.25) is 9.58 Å². The summed E-state index contributed by atoms with van der Waals surface area (Å²) < 4.78 is 15.2. The summed E-state index contributed by atoms with van der Waals surface area (Å²) >= 11 is 0. The van der Waals surface area contributed by atoms with E-state index in [-0.39, 0.29) is 0 Å². The normalized spacial score (nSPS) is 19.9. The molecule has 3 heterocycles. The van der Waals surface area contributed by atoms with Crippen molar-refractivity contribution in [3.8, 4) is 0 Å². The molecule has 0 aliphatic carbocycles. The van der Waals surface area contributed by atoms with E-state index >= 15 is 0 Å². The van der Waals surface area contributed by atoms with Crippen molar-refractivity contribution in [1.82, 2.24) is 19.7 Å². The third kappa shape index (κ3) is 3.39. The third-order valence-corrected chi connectivity index (χ3v) is 3.91. The van der Waals surface area contributed by atoms with Gasteiger partial charge in [0.25, 0.3) is 0 Å². The van der Waals surface area contributed by atoms with E-state index < -0.39 is 5.95 Å². The topological polar surface area (TPSA) is 37.2 Å². The standard InChI is InChI=1S/C15H20FN5/c1-13-12-19(8-10-20-7-3-6-17-20)9-11-21(13)15-5-2-4-14(16)18-15/h2-7,13H,8-12H2,1H3. The van der Waals surface area contributed by atoms with Crippen LogP contribution in [0.15, 0.2) is 36.7 Å². The van der Waals surface area contributed by atoms with Crippen LogP contribution in [-0.2, 0) is 6.54 Å². The molecule has 5 nitrogen and oxygen atoms in total. The van der Waals surface area contributed by atoms with Crippen molar-refractivity contribution in [3.63, 3.8) is 0 Å². The zero-order valence-corrected chi connectivity index (χ0v) is 12.2. The lowest BCUT2D eigenvalue weighted by Gasteiger charge is -2.40. The highest BCUT2D eigenvalue weighted by molar-refractivity contribution is 5.40. The summed E-state index contributed by atoms with van der Waals surface area (Å²) in [6.07, 6.45) is 3.78. The van der Waals surface area contributed by atoms with E-state index in [9.17, 15) is 4.39 Å². The molecule has 3 rings (SSSR count). The van der Waals surface area contributed by atoms with Gasteiger partial charge in [-0.25, -0.2) is 4.98 Å². The van der Waals surface area contributed by atoms with E-state index in [1.807, 2.05) is 23.0 Å². The van der Waals surface area contributed by atoms with Gasteiger partial charge in [-0.2, -0.15) is 9.49 Å². The molecular weight excluding hydrogens is 269 g/mol. The molecule has 1 aliphatic heterocycles. The highest BCUT2D eigenvalue weighted by Gasteiger charge is 2.24. The summed E-state index contributed by atoms with van der Waals surface area (Å²) in [4.78, 5) is 8.58. The summed E-state index contributed by atoms with van der Waals surface area (Å²) in [6, 6.07) is 7.24. The average molecular weight is 289 g/mol. The highest BCUT2D eigenvalue weighted by atomic mass is 19.1. The first-order valence-electron chi connectivity index (χ1n) is 7.31. The molecule has 2 aromatic heterocycles. The van der Waals surface area contributed by atoms with Gasteiger partial charge in [0.05, 0.1) is 6.54 Å². The Hall–Kier alpha value is -1.95. The summed E-state index contributed by atoms with van der Waals surface area (Å²) in [6.45, 7) is 6.83. The Balaban J connectivity index is 1.56. The molecule has 0 N–H and O–H groups in total. The van der Waals surface area contributed by atoms with Gasteiger partial charge in [0, 0.05) is 44.6 Å². The summed E-state index contributed by atoms with van der Waals surface area (Å²) in [5, 5.41) is 4.22. The number of aromatic nitrogens is 3. The first kappa shape index (κ1) is 14.0. The number of anilines is 1. The van der Waals surface area contributed by atoms with Crippen LogP contribution in [0.25, 0.3) is 0 Å². The van der Waals surface area contributed by atoms with Gasteiger partial charge in [0.2, 0.25) is 5.95 Å². The van der Waals surface area contributed by atoms with Crippen molar-refractivity contribution < 1.29 is 4.39 Å². The van der Waals surface area contributed by atoms with Gasteiger partial charge in [0.1, 0.15) is 5.82 Å². The van der Waals surface area contributed by atoms with Crippen molar-refractivity contribution in [1.29, 1.82) is 0 Å². The van der Waals surface area contributed by atoms with Crippen LogP contribution in [0.4, 0.5) is 10.2 Å². The van der Waals surface area contributed by atoms with Crippen molar-refractivity contribution in [2.24, 2.45) is 0 Å². The van der Waals surface area contributed by atoms with Crippen LogP contribution >= 0.6 is 0 Å². The molecule has 0 radical (unpaired) electrons. The largest absolute Gasteiger partial charge is 0.351 e. The minimum Gasteiger partial charge on any atom is -0.351 e. The second-order valence-electron chi connectivity index (χ2n) is 5.43. The van der Waals surface area contributed by atoms with Gasteiger partial charge < -0.3 is 4.90 Å². The van der Waals surface area contributed by atoms with Crippen LogP contribution in [0.2, 0.25) is 0 Å². The molecule has 1 unspecified atom stereocenters. The SMILES string of the molecule is CC1CN(CCn2cccn2)CCN1c1cccc(F)n1. The maximum Gasteiger partial charge on any atom is 0.214 e. The summed E-state index contributed by atoms with van der Waals surface area (Å²) in [5.74, 6) is 0.315. The molecule has 0 saturated carbocycles. The molecular formula is C15H20FN5. The van der Waals surface area contributed by atoms with E-state index in [0.717, 1.165) is 38.5 Å². The minimum absolute atomic E-state index is 0.325. The Morgan fingerprint density at radius 1 is 1.24 bits per heavy atom. The third-order valence-electron chi connectivity index (χ3n) is 3.91. The molecule has 1 fully saturated rings. The maximum atomic E-state index is 13.2. The molecule has 0 amide bonds. The molecule has 6 heteroatoms. The molecule has 0 bridgehead atoms. The lowest BCUT2D eigenvalue weighted by atomic mass is 10.2. The van der Waals surface area contributed by atoms with Crippen molar-refractivity contribution >= 4 is 5.82 Å². The van der Waals surface area contributed by atoms with Gasteiger partial charge in [-0.1, -0.05) is 6.07 Å². The fraction of sp³-hybridized carbons (Fsp3) is 0.467. The van der Waals surface area contributed by atoms with E-state index in [1.165, 1.54) is 6.07 Å². The summed E-state index contributed by atoms with van der Waals surface area (Å²) in [7, 11) is 0. The quantitative estimate of drug-likeness (QED) is 0.802. The van der Waals surface area contributed by atoms with Gasteiger partial charge in [-0.15, -0.1) is 0 Å². The zero-order chi connectivity index (χ0) is 14.7. The number of halogens is 1. The zero-order valence-electron chi connectivity index (χ0n) is 12.2. The molecule has 1 saturated heterocycles. The fourth-order valence-electron chi connectivity index (χ4n) is 2.81. The molecule has 112 valence electrons. The van der Waals surface area contributed by atoms with Crippen molar-refractivity contribution in [2.75, 3.05) is 31.1 Å². The molecule has 0 aromatic carbocycles. The van der Waals surface area contributed by atoms with Crippen molar-refractivity contribution in [2.45, 2.75) is 19.5 Å². The molecule has 2 aromatic rings. The van der Waals surface area contributed by atoms with Gasteiger partial charge >= 0.3 is 0 Å².